The number of nitriles is 1. The van der Waals surface area contributed by atoms with Gasteiger partial charge in [-0.2, -0.15) is 18.4 Å². The van der Waals surface area contributed by atoms with Crippen molar-refractivity contribution < 1.29 is 18.0 Å². The fourth-order valence-electron chi connectivity index (χ4n) is 4.38. The smallest absolute Gasteiger partial charge is 0.314 e. The van der Waals surface area contributed by atoms with Gasteiger partial charge in [0.1, 0.15) is 5.82 Å². The van der Waals surface area contributed by atoms with Crippen molar-refractivity contribution in [2.75, 3.05) is 11.9 Å². The van der Waals surface area contributed by atoms with E-state index in [-0.39, 0.29) is 17.3 Å². The number of nitrogens with one attached hydrogen (secondary N) is 1. The fraction of sp³-hybridized carbons (Fsp3) is 0.333. The molecule has 7 nitrogen and oxygen atoms in total. The highest BCUT2D eigenvalue weighted by atomic mass is 35.5. The third kappa shape index (κ3) is 4.95. The predicted molar refractivity (Wildman–Crippen MR) is 124 cm³/mol. The molecule has 2 amide bonds. The zero-order valence-corrected chi connectivity index (χ0v) is 19.8. The number of benzene rings is 2. The number of rotatable bonds is 4. The van der Waals surface area contributed by atoms with Crippen molar-refractivity contribution in [1.82, 2.24) is 19.7 Å². The van der Waals surface area contributed by atoms with E-state index < -0.39 is 23.3 Å². The number of amides is 2. The number of alkyl halides is 3. The number of aromatic nitrogens is 3. The molecule has 2 aromatic carbocycles. The van der Waals surface area contributed by atoms with Gasteiger partial charge in [-0.05, 0) is 62.1 Å². The van der Waals surface area contributed by atoms with Gasteiger partial charge in [0.15, 0.2) is 5.82 Å². The number of carbonyl (C=O) groups is 1. The van der Waals surface area contributed by atoms with Gasteiger partial charge in [0.25, 0.3) is 0 Å². The Balaban J connectivity index is 1.60. The lowest BCUT2D eigenvalue weighted by atomic mass is 10.0. The summed E-state index contributed by atoms with van der Waals surface area (Å²) in [6, 6.07) is 10.4. The normalized spacial score (nSPS) is 15.8. The zero-order valence-electron chi connectivity index (χ0n) is 19.0. The van der Waals surface area contributed by atoms with E-state index in [4.69, 9.17) is 16.9 Å². The number of urea groups is 1. The summed E-state index contributed by atoms with van der Waals surface area (Å²) in [5.41, 5.74) is -0.749. The van der Waals surface area contributed by atoms with E-state index >= 15 is 0 Å². The van der Waals surface area contributed by atoms with E-state index in [0.717, 1.165) is 11.6 Å². The Morgan fingerprint density at radius 2 is 1.91 bits per heavy atom. The Bertz CT molecular complexity index is 1300. The first-order valence-electron chi connectivity index (χ1n) is 10.9. The third-order valence-electron chi connectivity index (χ3n) is 6.14. The van der Waals surface area contributed by atoms with Crippen molar-refractivity contribution in [3.63, 3.8) is 0 Å². The molecular weight excluding hydrogens is 481 g/mol. The molecule has 0 saturated carbocycles. The highest BCUT2D eigenvalue weighted by Gasteiger charge is 2.38. The standard InChI is InChI=1S/C24H22ClF3N6O/c1-14-19(10-7-17(12-29)21(14)24(26,27)28)30-23(35)33-11-3-4-20(33)22-32-31-15(2)34(22)13-16-5-8-18(25)9-6-16/h5-10,20H,3-4,11,13H2,1-2H3,(H,30,35)/t20-/m1/s1. The highest BCUT2D eigenvalue weighted by Crippen LogP contribution is 2.38. The maximum Gasteiger partial charge on any atom is 0.418 e. The van der Waals surface area contributed by atoms with Crippen LogP contribution >= 0.6 is 11.6 Å². The van der Waals surface area contributed by atoms with E-state index in [1.165, 1.54) is 13.0 Å². The van der Waals surface area contributed by atoms with E-state index in [1.54, 1.807) is 23.1 Å². The van der Waals surface area contributed by atoms with Gasteiger partial charge in [0.2, 0.25) is 0 Å². The number of nitrogens with zero attached hydrogens (tertiary/aromatic N) is 5. The molecule has 3 aromatic rings. The molecule has 2 heterocycles. The number of hydrogen-bond donors (Lipinski definition) is 1. The van der Waals surface area contributed by atoms with Crippen molar-refractivity contribution in [3.8, 4) is 6.07 Å². The molecule has 1 aliphatic heterocycles. The second-order valence-corrected chi connectivity index (χ2v) is 8.81. The molecule has 35 heavy (non-hydrogen) atoms. The quantitative estimate of drug-likeness (QED) is 0.484. The Kier molecular flexibility index (Phi) is 6.72. The average Bonchev–Trinajstić information content (AvgIpc) is 3.42. The van der Waals surface area contributed by atoms with Crippen molar-refractivity contribution in [2.24, 2.45) is 0 Å². The summed E-state index contributed by atoms with van der Waals surface area (Å²) in [4.78, 5) is 14.7. The second kappa shape index (κ2) is 9.58. The molecule has 0 bridgehead atoms. The van der Waals surface area contributed by atoms with E-state index in [9.17, 15) is 18.0 Å². The van der Waals surface area contributed by atoms with E-state index in [0.29, 0.717) is 42.6 Å². The van der Waals surface area contributed by atoms with Crippen LogP contribution in [0.15, 0.2) is 36.4 Å². The van der Waals surface area contributed by atoms with E-state index in [2.05, 4.69) is 15.5 Å². The fourth-order valence-corrected chi connectivity index (χ4v) is 4.51. The van der Waals surface area contributed by atoms with Crippen molar-refractivity contribution >= 4 is 23.3 Å². The average molecular weight is 503 g/mol. The lowest BCUT2D eigenvalue weighted by Crippen LogP contribution is -2.36. The Morgan fingerprint density at radius 1 is 1.20 bits per heavy atom. The predicted octanol–water partition coefficient (Wildman–Crippen LogP) is 5.86. The second-order valence-electron chi connectivity index (χ2n) is 8.37. The van der Waals surface area contributed by atoms with Crippen LogP contribution in [0.3, 0.4) is 0 Å². The van der Waals surface area contributed by atoms with Crippen LogP contribution in [0.5, 0.6) is 0 Å². The molecule has 1 atom stereocenters. The van der Waals surface area contributed by atoms with Crippen LogP contribution in [-0.4, -0.2) is 32.2 Å². The van der Waals surface area contributed by atoms with Gasteiger partial charge in [-0.25, -0.2) is 4.79 Å². The topological polar surface area (TPSA) is 86.8 Å². The lowest BCUT2D eigenvalue weighted by molar-refractivity contribution is -0.138. The van der Waals surface area contributed by atoms with Crippen LogP contribution in [0.2, 0.25) is 5.02 Å². The molecule has 0 radical (unpaired) electrons. The first-order valence-corrected chi connectivity index (χ1v) is 11.3. The molecule has 0 unspecified atom stereocenters. The Hall–Kier alpha value is -3.58. The van der Waals surface area contributed by atoms with Crippen molar-refractivity contribution in [1.29, 1.82) is 5.26 Å². The molecule has 1 N–H and O–H groups in total. The van der Waals surface area contributed by atoms with Gasteiger partial charge in [-0.3, -0.25) is 0 Å². The Morgan fingerprint density at radius 3 is 2.57 bits per heavy atom. The van der Waals surface area contributed by atoms with Gasteiger partial charge in [-0.1, -0.05) is 23.7 Å². The molecular formula is C24H22ClF3N6O. The molecule has 4 rings (SSSR count). The van der Waals surface area contributed by atoms with Gasteiger partial charge >= 0.3 is 12.2 Å². The molecule has 1 aliphatic rings. The first kappa shape index (κ1) is 24.5. The maximum atomic E-state index is 13.5. The SMILES string of the molecule is Cc1c(NC(=O)N2CCC[C@@H]2c2nnc(C)n2Cc2ccc(Cl)cc2)ccc(C#N)c1C(F)(F)F. The lowest BCUT2D eigenvalue weighted by Gasteiger charge is -2.26. The molecule has 182 valence electrons. The number of carbonyl (C=O) groups excluding carboxylic acids is 1. The summed E-state index contributed by atoms with van der Waals surface area (Å²) in [6.45, 7) is 3.98. The Labute approximate surface area is 205 Å². The molecule has 1 fully saturated rings. The maximum absolute atomic E-state index is 13.5. The van der Waals surface area contributed by atoms with E-state index in [1.807, 2.05) is 23.6 Å². The molecule has 0 spiro atoms. The van der Waals surface area contributed by atoms with Crippen molar-refractivity contribution in [3.05, 3.63) is 75.3 Å². The van der Waals surface area contributed by atoms with Gasteiger partial charge in [0, 0.05) is 17.3 Å². The van der Waals surface area contributed by atoms with Gasteiger partial charge in [0.05, 0.1) is 29.8 Å². The van der Waals surface area contributed by atoms with Crippen LogP contribution in [0, 0.1) is 25.2 Å². The minimum Gasteiger partial charge on any atom is -0.314 e. The minimum absolute atomic E-state index is 0.00536. The summed E-state index contributed by atoms with van der Waals surface area (Å²) in [6.07, 6.45) is -3.36. The van der Waals surface area contributed by atoms with Gasteiger partial charge in [-0.15, -0.1) is 10.2 Å². The number of aryl methyl sites for hydroxylation is 1. The van der Waals surface area contributed by atoms with Crippen LogP contribution < -0.4 is 5.32 Å². The van der Waals surface area contributed by atoms with Crippen LogP contribution in [0.1, 0.15) is 52.8 Å². The summed E-state index contributed by atoms with van der Waals surface area (Å²) < 4.78 is 42.6. The summed E-state index contributed by atoms with van der Waals surface area (Å²) in [5.74, 6) is 1.29. The third-order valence-corrected chi connectivity index (χ3v) is 6.39. The number of likely N-dealkylation sites (tertiary alicyclic amines) is 1. The van der Waals surface area contributed by atoms with Crippen LogP contribution in [-0.2, 0) is 12.7 Å². The van der Waals surface area contributed by atoms with Gasteiger partial charge < -0.3 is 14.8 Å². The molecule has 1 saturated heterocycles. The molecule has 1 aromatic heterocycles. The number of halogens is 4. The molecule has 11 heteroatoms. The van der Waals surface area contributed by atoms with Crippen LogP contribution in [0.4, 0.5) is 23.7 Å². The summed E-state index contributed by atoms with van der Waals surface area (Å²) in [5, 5.41) is 20.8. The summed E-state index contributed by atoms with van der Waals surface area (Å²) >= 11 is 5.98. The minimum atomic E-state index is -4.72. The molecule has 0 aliphatic carbocycles. The van der Waals surface area contributed by atoms with Crippen molar-refractivity contribution in [2.45, 2.75) is 45.5 Å². The van der Waals surface area contributed by atoms with Crippen LogP contribution in [0.25, 0.3) is 0 Å². The monoisotopic (exact) mass is 502 g/mol. The first-order chi connectivity index (χ1) is 16.6. The highest BCUT2D eigenvalue weighted by molar-refractivity contribution is 6.30. The summed E-state index contributed by atoms with van der Waals surface area (Å²) in [7, 11) is 0. The number of anilines is 1. The largest absolute Gasteiger partial charge is 0.418 e. The number of hydrogen-bond acceptors (Lipinski definition) is 4. The zero-order chi connectivity index (χ0) is 25.3.